The number of hydrogen-bond acceptors (Lipinski definition) is 4. The van der Waals surface area contributed by atoms with Gasteiger partial charge in [-0.2, -0.15) is 8.42 Å². The summed E-state index contributed by atoms with van der Waals surface area (Å²) in [5.74, 6) is -4.16. The third kappa shape index (κ3) is 1.89. The van der Waals surface area contributed by atoms with E-state index >= 15 is 0 Å². The van der Waals surface area contributed by atoms with E-state index in [1.165, 1.54) is 20.8 Å². The largest absolute Gasteiger partial charge is 0.481 e. The lowest BCUT2D eigenvalue weighted by Crippen LogP contribution is -2.43. The van der Waals surface area contributed by atoms with Crippen molar-refractivity contribution in [1.82, 2.24) is 0 Å². The van der Waals surface area contributed by atoms with Crippen molar-refractivity contribution >= 4 is 22.1 Å². The van der Waals surface area contributed by atoms with Gasteiger partial charge in [-0.05, 0) is 18.8 Å². The Hall–Kier alpha value is -1.15. The van der Waals surface area contributed by atoms with E-state index in [2.05, 4.69) is 0 Å². The maximum Gasteiger partial charge on any atom is 0.309 e. The predicted octanol–water partition coefficient (Wildman–Crippen LogP) is 0.464. The Balaban J connectivity index is 3.46. The molecule has 0 saturated heterocycles. The van der Waals surface area contributed by atoms with Gasteiger partial charge in [-0.1, -0.05) is 13.8 Å². The molecule has 104 valence electrons. The zero-order valence-electron chi connectivity index (χ0n) is 10.2. The summed E-state index contributed by atoms with van der Waals surface area (Å²) in [5.41, 5.74) is -2.83. The molecule has 7 nitrogen and oxygen atoms in total. The Kier molecular flexibility index (Phi) is 3.25. The van der Waals surface area contributed by atoms with Crippen molar-refractivity contribution in [2.24, 2.45) is 16.7 Å². The van der Waals surface area contributed by atoms with Crippen LogP contribution in [0.4, 0.5) is 0 Å². The highest BCUT2D eigenvalue weighted by atomic mass is 32.2. The molecule has 18 heavy (non-hydrogen) atoms. The van der Waals surface area contributed by atoms with Gasteiger partial charge >= 0.3 is 11.9 Å². The fraction of sp³-hybridized carbons (Fsp3) is 0.800. The van der Waals surface area contributed by atoms with Crippen LogP contribution in [0.1, 0.15) is 27.2 Å². The van der Waals surface area contributed by atoms with Crippen LogP contribution < -0.4 is 0 Å². The standard InChI is InChI=1S/C10H16O7S/c1-9(2)6(7(11)12)5(18(15,16)17)4-10(9,3)8(13)14/h5-6H,4H2,1-3H3,(H,11,12)(H,13,14)(H,15,16,17)/t5-,6+,10+/m0/s1. The number of carbonyl (C=O) groups is 2. The minimum Gasteiger partial charge on any atom is -0.481 e. The molecule has 0 bridgehead atoms. The zero-order valence-corrected chi connectivity index (χ0v) is 11.1. The van der Waals surface area contributed by atoms with Crippen molar-refractivity contribution in [2.75, 3.05) is 0 Å². The Morgan fingerprint density at radius 1 is 1.17 bits per heavy atom. The van der Waals surface area contributed by atoms with Crippen molar-refractivity contribution in [2.45, 2.75) is 32.4 Å². The van der Waals surface area contributed by atoms with E-state index in [9.17, 15) is 23.1 Å². The van der Waals surface area contributed by atoms with Gasteiger partial charge in [0, 0.05) is 0 Å². The highest BCUT2D eigenvalue weighted by Crippen LogP contribution is 2.57. The maximum atomic E-state index is 11.3. The molecule has 0 amide bonds. The summed E-state index contributed by atoms with van der Waals surface area (Å²) in [7, 11) is -4.62. The number of hydrogen-bond donors (Lipinski definition) is 3. The van der Waals surface area contributed by atoms with Gasteiger partial charge in [0.1, 0.15) is 5.25 Å². The van der Waals surface area contributed by atoms with Crippen molar-refractivity contribution in [3.05, 3.63) is 0 Å². The predicted molar refractivity (Wildman–Crippen MR) is 60.6 cm³/mol. The average Bonchev–Trinajstić information content (AvgIpc) is 2.34. The normalized spacial score (nSPS) is 35.3. The van der Waals surface area contributed by atoms with E-state index in [0.29, 0.717) is 0 Å². The van der Waals surface area contributed by atoms with Gasteiger partial charge in [0.15, 0.2) is 0 Å². The molecule has 0 heterocycles. The van der Waals surface area contributed by atoms with Crippen LogP contribution in [0.25, 0.3) is 0 Å². The lowest BCUT2D eigenvalue weighted by molar-refractivity contribution is -0.157. The van der Waals surface area contributed by atoms with Crippen LogP contribution in [0.15, 0.2) is 0 Å². The molecular weight excluding hydrogens is 264 g/mol. The molecule has 1 fully saturated rings. The Bertz CT molecular complexity index is 492. The topological polar surface area (TPSA) is 129 Å². The summed E-state index contributed by atoms with van der Waals surface area (Å²) < 4.78 is 31.6. The van der Waals surface area contributed by atoms with E-state index in [1.54, 1.807) is 0 Å². The second-order valence-corrected chi connectivity index (χ2v) is 7.07. The smallest absolute Gasteiger partial charge is 0.309 e. The van der Waals surface area contributed by atoms with E-state index in [0.717, 1.165) is 0 Å². The molecule has 1 saturated carbocycles. The average molecular weight is 280 g/mol. The van der Waals surface area contributed by atoms with E-state index in [-0.39, 0.29) is 0 Å². The fourth-order valence-corrected chi connectivity index (χ4v) is 4.04. The van der Waals surface area contributed by atoms with Gasteiger partial charge in [-0.25, -0.2) is 0 Å². The molecule has 0 aromatic rings. The van der Waals surface area contributed by atoms with Gasteiger partial charge < -0.3 is 10.2 Å². The quantitative estimate of drug-likeness (QED) is 0.640. The van der Waals surface area contributed by atoms with Crippen LogP contribution in [0.5, 0.6) is 0 Å². The van der Waals surface area contributed by atoms with Gasteiger partial charge in [-0.15, -0.1) is 0 Å². The van der Waals surface area contributed by atoms with E-state index < -0.39 is 50.5 Å². The first-order chi connectivity index (χ1) is 7.85. The van der Waals surface area contributed by atoms with Crippen molar-refractivity contribution in [3.63, 3.8) is 0 Å². The highest BCUT2D eigenvalue weighted by molar-refractivity contribution is 7.86. The molecule has 0 unspecified atom stereocenters. The number of aliphatic carboxylic acids is 2. The molecule has 0 aromatic heterocycles. The third-order valence-electron chi connectivity index (χ3n) is 4.30. The van der Waals surface area contributed by atoms with Crippen LogP contribution >= 0.6 is 0 Å². The first-order valence-corrected chi connectivity index (χ1v) is 6.78. The summed E-state index contributed by atoms with van der Waals surface area (Å²) in [4.78, 5) is 22.5. The van der Waals surface area contributed by atoms with Gasteiger partial charge in [0.05, 0.1) is 11.3 Å². The molecule has 8 heteroatoms. The summed E-state index contributed by atoms with van der Waals surface area (Å²) in [5, 5.41) is 16.7. The molecule has 1 rings (SSSR count). The number of rotatable bonds is 3. The Labute approximate surface area is 105 Å². The zero-order chi connectivity index (χ0) is 14.5. The lowest BCUT2D eigenvalue weighted by atomic mass is 9.66. The highest BCUT2D eigenvalue weighted by Gasteiger charge is 2.65. The van der Waals surface area contributed by atoms with Gasteiger partial charge in [0.25, 0.3) is 10.1 Å². The Morgan fingerprint density at radius 3 is 1.83 bits per heavy atom. The third-order valence-corrected chi connectivity index (χ3v) is 5.51. The fourth-order valence-electron chi connectivity index (χ4n) is 2.70. The summed E-state index contributed by atoms with van der Waals surface area (Å²) >= 11 is 0. The van der Waals surface area contributed by atoms with Crippen LogP contribution in [-0.4, -0.2) is 40.4 Å². The van der Waals surface area contributed by atoms with Crippen LogP contribution in [-0.2, 0) is 19.7 Å². The van der Waals surface area contributed by atoms with Gasteiger partial charge in [0.2, 0.25) is 0 Å². The summed E-state index contributed by atoms with van der Waals surface area (Å²) in [6, 6.07) is 0. The number of carboxylic acids is 2. The molecule has 1 aliphatic carbocycles. The second-order valence-electron chi connectivity index (χ2n) is 5.43. The van der Waals surface area contributed by atoms with Crippen molar-refractivity contribution < 1.29 is 32.8 Å². The first-order valence-electron chi connectivity index (χ1n) is 5.28. The molecule has 3 atom stereocenters. The first kappa shape index (κ1) is 14.9. The number of carboxylic acid groups (broad SMARTS) is 2. The SMILES string of the molecule is CC1(C)[C@@H](C(=O)O)[C@@H](S(=O)(=O)O)C[C@]1(C)C(=O)O. The van der Waals surface area contributed by atoms with Crippen LogP contribution in [0, 0.1) is 16.7 Å². The van der Waals surface area contributed by atoms with Crippen molar-refractivity contribution in [1.29, 1.82) is 0 Å². The molecule has 0 aliphatic heterocycles. The van der Waals surface area contributed by atoms with Gasteiger partial charge in [-0.3, -0.25) is 14.1 Å². The minimum absolute atomic E-state index is 0.425. The molecule has 0 radical (unpaired) electrons. The van der Waals surface area contributed by atoms with E-state index in [4.69, 9.17) is 9.66 Å². The summed E-state index contributed by atoms with van der Waals surface area (Å²) in [6.07, 6.45) is -0.425. The Morgan fingerprint density at radius 2 is 1.61 bits per heavy atom. The summed E-state index contributed by atoms with van der Waals surface area (Å²) in [6.45, 7) is 4.09. The second kappa shape index (κ2) is 3.92. The van der Waals surface area contributed by atoms with Crippen LogP contribution in [0.2, 0.25) is 0 Å². The van der Waals surface area contributed by atoms with E-state index in [1.807, 2.05) is 0 Å². The molecule has 1 aliphatic rings. The monoisotopic (exact) mass is 280 g/mol. The maximum absolute atomic E-state index is 11.3. The molecular formula is C10H16O7S. The minimum atomic E-state index is -4.62. The molecule has 0 aromatic carbocycles. The lowest BCUT2D eigenvalue weighted by Gasteiger charge is -2.36. The molecule has 3 N–H and O–H groups in total. The van der Waals surface area contributed by atoms with Crippen LogP contribution in [0.3, 0.4) is 0 Å². The van der Waals surface area contributed by atoms with Crippen molar-refractivity contribution in [3.8, 4) is 0 Å². The molecule has 0 spiro atoms.